The average Bonchev–Trinajstić information content (AvgIpc) is 1.97. The van der Waals surface area contributed by atoms with Crippen LogP contribution in [-0.4, -0.2) is 11.9 Å². The van der Waals surface area contributed by atoms with Crippen LogP contribution in [0.3, 0.4) is 0 Å². The SMILES string of the molecule is CC(=O)N[C@H]1CCC(C)(C)[C@@H](C)C1. The summed E-state index contributed by atoms with van der Waals surface area (Å²) in [5, 5.41) is 3.01. The Bertz CT molecular complexity index is 198. The smallest absolute Gasteiger partial charge is 0.217 e. The molecule has 0 aromatic heterocycles. The van der Waals surface area contributed by atoms with Crippen LogP contribution in [0.1, 0.15) is 47.0 Å². The largest absolute Gasteiger partial charge is 0.354 e. The van der Waals surface area contributed by atoms with Crippen molar-refractivity contribution in [2.75, 3.05) is 0 Å². The van der Waals surface area contributed by atoms with Gasteiger partial charge in [-0.25, -0.2) is 0 Å². The molecule has 1 aliphatic rings. The van der Waals surface area contributed by atoms with Crippen molar-refractivity contribution in [2.45, 2.75) is 53.0 Å². The van der Waals surface area contributed by atoms with E-state index in [-0.39, 0.29) is 5.91 Å². The predicted octanol–water partition coefficient (Wildman–Crippen LogP) is 2.34. The topological polar surface area (TPSA) is 29.1 Å². The van der Waals surface area contributed by atoms with Crippen molar-refractivity contribution >= 4 is 5.91 Å². The second kappa shape index (κ2) is 3.69. The molecule has 0 bridgehead atoms. The van der Waals surface area contributed by atoms with E-state index in [2.05, 4.69) is 26.1 Å². The monoisotopic (exact) mass is 183 g/mol. The minimum Gasteiger partial charge on any atom is -0.354 e. The zero-order valence-corrected chi connectivity index (χ0v) is 9.18. The van der Waals surface area contributed by atoms with Gasteiger partial charge in [0.05, 0.1) is 0 Å². The molecule has 0 radical (unpaired) electrons. The number of amides is 1. The van der Waals surface area contributed by atoms with Gasteiger partial charge in [-0.05, 0) is 30.6 Å². The fourth-order valence-electron chi connectivity index (χ4n) is 2.07. The van der Waals surface area contributed by atoms with Crippen molar-refractivity contribution in [1.82, 2.24) is 5.32 Å². The molecule has 1 fully saturated rings. The number of rotatable bonds is 1. The highest BCUT2D eigenvalue weighted by atomic mass is 16.1. The summed E-state index contributed by atoms with van der Waals surface area (Å²) in [6, 6.07) is 0.417. The van der Waals surface area contributed by atoms with Gasteiger partial charge in [-0.1, -0.05) is 20.8 Å². The molecular formula is C11H21NO. The highest BCUT2D eigenvalue weighted by molar-refractivity contribution is 5.73. The summed E-state index contributed by atoms with van der Waals surface area (Å²) in [6.07, 6.45) is 3.49. The average molecular weight is 183 g/mol. The number of nitrogens with one attached hydrogen (secondary N) is 1. The van der Waals surface area contributed by atoms with Gasteiger partial charge in [-0.2, -0.15) is 0 Å². The Hall–Kier alpha value is -0.530. The Morgan fingerprint density at radius 3 is 2.54 bits per heavy atom. The maximum absolute atomic E-state index is 10.9. The predicted molar refractivity (Wildman–Crippen MR) is 54.4 cm³/mol. The van der Waals surface area contributed by atoms with Gasteiger partial charge in [0.15, 0.2) is 0 Å². The van der Waals surface area contributed by atoms with Crippen LogP contribution in [0.5, 0.6) is 0 Å². The number of hydrogen-bond donors (Lipinski definition) is 1. The third kappa shape index (κ3) is 2.71. The van der Waals surface area contributed by atoms with E-state index in [0.29, 0.717) is 17.4 Å². The van der Waals surface area contributed by atoms with Crippen molar-refractivity contribution in [2.24, 2.45) is 11.3 Å². The molecule has 0 spiro atoms. The van der Waals surface area contributed by atoms with Crippen molar-refractivity contribution in [3.63, 3.8) is 0 Å². The molecule has 1 N–H and O–H groups in total. The highest BCUT2D eigenvalue weighted by Gasteiger charge is 2.33. The molecule has 1 saturated carbocycles. The maximum atomic E-state index is 10.9. The number of carbonyl (C=O) groups excluding carboxylic acids is 1. The summed E-state index contributed by atoms with van der Waals surface area (Å²) in [6.45, 7) is 8.53. The zero-order valence-electron chi connectivity index (χ0n) is 9.18. The molecule has 76 valence electrons. The van der Waals surface area contributed by atoms with Crippen LogP contribution >= 0.6 is 0 Å². The Balaban J connectivity index is 2.46. The fraction of sp³-hybridized carbons (Fsp3) is 0.909. The first kappa shape index (κ1) is 10.6. The van der Waals surface area contributed by atoms with Gasteiger partial charge < -0.3 is 5.32 Å². The van der Waals surface area contributed by atoms with Gasteiger partial charge in [0, 0.05) is 13.0 Å². The molecule has 1 rings (SSSR count). The molecule has 0 saturated heterocycles. The molecular weight excluding hydrogens is 162 g/mol. The molecule has 1 amide bonds. The van der Waals surface area contributed by atoms with E-state index in [4.69, 9.17) is 0 Å². The lowest BCUT2D eigenvalue weighted by molar-refractivity contribution is -0.120. The molecule has 2 atom stereocenters. The molecule has 2 heteroatoms. The summed E-state index contributed by atoms with van der Waals surface area (Å²) < 4.78 is 0. The number of hydrogen-bond acceptors (Lipinski definition) is 1. The fourth-order valence-corrected chi connectivity index (χ4v) is 2.07. The zero-order chi connectivity index (χ0) is 10.1. The van der Waals surface area contributed by atoms with Crippen molar-refractivity contribution in [3.8, 4) is 0 Å². The second-order valence-electron chi connectivity index (χ2n) is 5.06. The van der Waals surface area contributed by atoms with Crippen molar-refractivity contribution in [1.29, 1.82) is 0 Å². The molecule has 2 nitrogen and oxygen atoms in total. The maximum Gasteiger partial charge on any atom is 0.217 e. The van der Waals surface area contributed by atoms with Crippen LogP contribution in [-0.2, 0) is 4.79 Å². The quantitative estimate of drug-likeness (QED) is 0.664. The van der Waals surface area contributed by atoms with Crippen LogP contribution in [0.25, 0.3) is 0 Å². The van der Waals surface area contributed by atoms with E-state index in [1.165, 1.54) is 6.42 Å². The Morgan fingerprint density at radius 1 is 1.46 bits per heavy atom. The molecule has 0 heterocycles. The van der Waals surface area contributed by atoms with E-state index in [9.17, 15) is 4.79 Å². The highest BCUT2D eigenvalue weighted by Crippen LogP contribution is 2.40. The van der Waals surface area contributed by atoms with Gasteiger partial charge in [0.1, 0.15) is 0 Å². The van der Waals surface area contributed by atoms with E-state index in [1.54, 1.807) is 6.92 Å². The first-order valence-electron chi connectivity index (χ1n) is 5.19. The Morgan fingerprint density at radius 2 is 2.08 bits per heavy atom. The molecule has 0 aliphatic heterocycles. The molecule has 13 heavy (non-hydrogen) atoms. The van der Waals surface area contributed by atoms with E-state index >= 15 is 0 Å². The first-order chi connectivity index (χ1) is 5.92. The third-order valence-electron chi connectivity index (χ3n) is 3.52. The van der Waals surface area contributed by atoms with E-state index in [0.717, 1.165) is 12.8 Å². The third-order valence-corrected chi connectivity index (χ3v) is 3.52. The van der Waals surface area contributed by atoms with E-state index < -0.39 is 0 Å². The molecule has 0 aromatic rings. The van der Waals surface area contributed by atoms with Gasteiger partial charge in [0.25, 0.3) is 0 Å². The summed E-state index contributed by atoms with van der Waals surface area (Å²) in [7, 11) is 0. The standard InChI is InChI=1S/C11H21NO/c1-8-7-10(12-9(2)13)5-6-11(8,3)4/h8,10H,5-7H2,1-4H3,(H,12,13)/t8-,10-/m0/s1. The minimum atomic E-state index is 0.108. The normalized spacial score (nSPS) is 32.6. The van der Waals surface area contributed by atoms with E-state index in [1.807, 2.05) is 0 Å². The van der Waals surface area contributed by atoms with Crippen molar-refractivity contribution < 1.29 is 4.79 Å². The lowest BCUT2D eigenvalue weighted by atomic mass is 9.68. The Labute approximate surface area is 81.1 Å². The van der Waals surface area contributed by atoms with Crippen LogP contribution < -0.4 is 5.32 Å². The van der Waals surface area contributed by atoms with Gasteiger partial charge in [0.2, 0.25) is 5.91 Å². The minimum absolute atomic E-state index is 0.108. The summed E-state index contributed by atoms with van der Waals surface area (Å²) in [4.78, 5) is 10.9. The van der Waals surface area contributed by atoms with Crippen molar-refractivity contribution in [3.05, 3.63) is 0 Å². The Kier molecular flexibility index (Phi) is 2.99. The van der Waals surface area contributed by atoms with Crippen LogP contribution in [0.2, 0.25) is 0 Å². The first-order valence-corrected chi connectivity index (χ1v) is 5.19. The van der Waals surface area contributed by atoms with Gasteiger partial charge in [-0.3, -0.25) is 4.79 Å². The summed E-state index contributed by atoms with van der Waals surface area (Å²) >= 11 is 0. The van der Waals surface area contributed by atoms with Gasteiger partial charge >= 0.3 is 0 Å². The molecule has 0 aromatic carbocycles. The second-order valence-corrected chi connectivity index (χ2v) is 5.06. The van der Waals surface area contributed by atoms with Crippen LogP contribution in [0.15, 0.2) is 0 Å². The summed E-state index contributed by atoms with van der Waals surface area (Å²) in [5.74, 6) is 0.815. The lowest BCUT2D eigenvalue weighted by Gasteiger charge is -2.40. The van der Waals surface area contributed by atoms with Crippen LogP contribution in [0, 0.1) is 11.3 Å². The summed E-state index contributed by atoms with van der Waals surface area (Å²) in [5.41, 5.74) is 0.453. The molecule has 0 unspecified atom stereocenters. The number of carbonyl (C=O) groups is 1. The lowest BCUT2D eigenvalue weighted by Crippen LogP contribution is -2.41. The van der Waals surface area contributed by atoms with Gasteiger partial charge in [-0.15, -0.1) is 0 Å². The van der Waals surface area contributed by atoms with Crippen LogP contribution in [0.4, 0.5) is 0 Å². The molecule has 1 aliphatic carbocycles.